The van der Waals surface area contributed by atoms with Crippen molar-refractivity contribution in [2.24, 2.45) is 0 Å². The van der Waals surface area contributed by atoms with E-state index in [-0.39, 0.29) is 23.1 Å². The Hall–Kier alpha value is -1.40. The van der Waals surface area contributed by atoms with Crippen molar-refractivity contribution in [1.29, 1.82) is 0 Å². The molecule has 1 saturated heterocycles. The smallest absolute Gasteiger partial charge is 0.267 e. The van der Waals surface area contributed by atoms with Crippen LogP contribution in [0, 0.1) is 0 Å². The van der Waals surface area contributed by atoms with Crippen LogP contribution in [0.25, 0.3) is 10.8 Å². The Balaban J connectivity index is 2.08. The molecule has 0 N–H and O–H groups in total. The van der Waals surface area contributed by atoms with Crippen LogP contribution < -0.4 is 5.56 Å². The van der Waals surface area contributed by atoms with Crippen molar-refractivity contribution in [3.05, 3.63) is 39.8 Å². The zero-order valence-corrected chi connectivity index (χ0v) is 12.2. The molecule has 3 rings (SSSR count). The molecule has 0 bridgehead atoms. The average Bonchev–Trinajstić information content (AvgIpc) is 2.40. The van der Waals surface area contributed by atoms with E-state index in [1.54, 1.807) is 24.4 Å². The van der Waals surface area contributed by atoms with Crippen molar-refractivity contribution in [2.45, 2.75) is 18.9 Å². The van der Waals surface area contributed by atoms with Crippen LogP contribution in [0.2, 0.25) is 5.02 Å². The van der Waals surface area contributed by atoms with Crippen LogP contribution in [0.3, 0.4) is 0 Å². The minimum atomic E-state index is -2.96. The zero-order valence-electron chi connectivity index (χ0n) is 10.6. The van der Waals surface area contributed by atoms with Gasteiger partial charge in [0.15, 0.2) is 0 Å². The van der Waals surface area contributed by atoms with Gasteiger partial charge in [-0.3, -0.25) is 4.79 Å². The standard InChI is InChI=1S/C13H13ClN2O3S/c14-11-3-1-2-9-8-15-16(13(17)12(9)11)10-4-6-20(18,19)7-5-10/h1-3,8,10H,4-7H2. The fourth-order valence-electron chi connectivity index (χ4n) is 2.55. The molecule has 1 aromatic heterocycles. The Morgan fingerprint density at radius 2 is 1.95 bits per heavy atom. The molecule has 2 heterocycles. The third-order valence-electron chi connectivity index (χ3n) is 3.66. The lowest BCUT2D eigenvalue weighted by Gasteiger charge is -2.23. The van der Waals surface area contributed by atoms with Crippen LogP contribution in [0.1, 0.15) is 18.9 Å². The van der Waals surface area contributed by atoms with Crippen LogP contribution in [0.4, 0.5) is 0 Å². The summed E-state index contributed by atoms with van der Waals surface area (Å²) >= 11 is 6.08. The van der Waals surface area contributed by atoms with Crippen molar-refractivity contribution in [1.82, 2.24) is 9.78 Å². The molecule has 0 amide bonds. The average molecular weight is 313 g/mol. The molecular formula is C13H13ClN2O3S. The van der Waals surface area contributed by atoms with E-state index in [0.717, 1.165) is 0 Å². The molecule has 1 fully saturated rings. The maximum absolute atomic E-state index is 12.5. The number of aromatic nitrogens is 2. The summed E-state index contributed by atoms with van der Waals surface area (Å²) in [6.45, 7) is 0. The molecule has 0 saturated carbocycles. The Labute approximate surface area is 121 Å². The van der Waals surface area contributed by atoms with Crippen molar-refractivity contribution >= 4 is 32.2 Å². The zero-order chi connectivity index (χ0) is 14.3. The second-order valence-corrected chi connectivity index (χ2v) is 7.69. The van der Waals surface area contributed by atoms with Crippen molar-refractivity contribution in [3.63, 3.8) is 0 Å². The molecule has 106 valence electrons. The van der Waals surface area contributed by atoms with Crippen molar-refractivity contribution in [2.75, 3.05) is 11.5 Å². The molecule has 1 aliphatic heterocycles. The summed E-state index contributed by atoms with van der Waals surface area (Å²) in [5.74, 6) is 0.207. The third kappa shape index (κ3) is 2.33. The Bertz CT molecular complexity index is 815. The van der Waals surface area contributed by atoms with Crippen LogP contribution in [-0.4, -0.2) is 29.7 Å². The SMILES string of the molecule is O=c1c2c(Cl)cccc2cnn1C1CCS(=O)(=O)CC1. The first-order valence-corrected chi connectivity index (χ1v) is 8.54. The monoisotopic (exact) mass is 312 g/mol. The van der Waals surface area contributed by atoms with Crippen molar-refractivity contribution < 1.29 is 8.42 Å². The van der Waals surface area contributed by atoms with Gasteiger partial charge >= 0.3 is 0 Å². The van der Waals surface area contributed by atoms with Crippen LogP contribution in [0.5, 0.6) is 0 Å². The summed E-state index contributed by atoms with van der Waals surface area (Å²) in [5, 5.41) is 5.70. The van der Waals surface area contributed by atoms with E-state index in [1.807, 2.05) is 0 Å². The van der Waals surface area contributed by atoms with Gasteiger partial charge in [0.1, 0.15) is 9.84 Å². The predicted octanol–water partition coefficient (Wildman–Crippen LogP) is 1.80. The van der Waals surface area contributed by atoms with E-state index >= 15 is 0 Å². The second-order valence-electron chi connectivity index (χ2n) is 4.98. The maximum atomic E-state index is 12.5. The molecule has 7 heteroatoms. The topological polar surface area (TPSA) is 69.0 Å². The maximum Gasteiger partial charge on any atom is 0.276 e. The van der Waals surface area contributed by atoms with Gasteiger partial charge in [0.2, 0.25) is 0 Å². The molecule has 0 aliphatic carbocycles. The number of nitrogens with zero attached hydrogens (tertiary/aromatic N) is 2. The van der Waals surface area contributed by atoms with Gasteiger partial charge in [0.25, 0.3) is 5.56 Å². The molecular weight excluding hydrogens is 300 g/mol. The predicted molar refractivity (Wildman–Crippen MR) is 77.9 cm³/mol. The lowest BCUT2D eigenvalue weighted by molar-refractivity contribution is 0.399. The first-order chi connectivity index (χ1) is 9.48. The van der Waals surface area contributed by atoms with Gasteiger partial charge in [-0.1, -0.05) is 23.7 Å². The second kappa shape index (κ2) is 4.86. The molecule has 1 aromatic carbocycles. The summed E-state index contributed by atoms with van der Waals surface area (Å²) in [7, 11) is -2.96. The van der Waals surface area contributed by atoms with Crippen LogP contribution >= 0.6 is 11.6 Å². The number of rotatable bonds is 1. The third-order valence-corrected chi connectivity index (χ3v) is 5.69. The summed E-state index contributed by atoms with van der Waals surface area (Å²) in [6, 6.07) is 5.04. The summed E-state index contributed by atoms with van der Waals surface area (Å²) < 4.78 is 24.3. The minimum Gasteiger partial charge on any atom is -0.267 e. The van der Waals surface area contributed by atoms with E-state index in [1.165, 1.54) is 4.68 Å². The van der Waals surface area contributed by atoms with Crippen molar-refractivity contribution in [3.8, 4) is 0 Å². The number of fused-ring (bicyclic) bond motifs is 1. The lowest BCUT2D eigenvalue weighted by atomic mass is 10.1. The molecule has 0 unspecified atom stereocenters. The number of halogens is 1. The van der Waals surface area contributed by atoms with E-state index < -0.39 is 9.84 Å². The van der Waals surface area contributed by atoms with Gasteiger partial charge in [-0.05, 0) is 18.9 Å². The van der Waals surface area contributed by atoms with E-state index in [2.05, 4.69) is 5.10 Å². The number of hydrogen-bond donors (Lipinski definition) is 0. The number of hydrogen-bond acceptors (Lipinski definition) is 4. The summed E-state index contributed by atoms with van der Waals surface area (Å²) in [4.78, 5) is 12.5. The van der Waals surface area contributed by atoms with E-state index in [9.17, 15) is 13.2 Å². The molecule has 20 heavy (non-hydrogen) atoms. The van der Waals surface area contributed by atoms with Gasteiger partial charge in [-0.25, -0.2) is 13.1 Å². The molecule has 2 aromatic rings. The Kier molecular flexibility index (Phi) is 3.30. The Morgan fingerprint density at radius 1 is 1.25 bits per heavy atom. The molecule has 0 atom stereocenters. The molecule has 0 spiro atoms. The molecule has 5 nitrogen and oxygen atoms in total. The fourth-order valence-corrected chi connectivity index (χ4v) is 4.28. The van der Waals surface area contributed by atoms with Crippen LogP contribution in [0.15, 0.2) is 29.2 Å². The summed E-state index contributed by atoms with van der Waals surface area (Å²) in [5.41, 5.74) is -0.252. The lowest BCUT2D eigenvalue weighted by Crippen LogP contribution is -2.33. The number of benzene rings is 1. The largest absolute Gasteiger partial charge is 0.276 e. The molecule has 1 aliphatic rings. The van der Waals surface area contributed by atoms with E-state index in [0.29, 0.717) is 28.6 Å². The first kappa shape index (κ1) is 13.6. The molecule has 0 radical (unpaired) electrons. The normalized spacial score (nSPS) is 19.2. The van der Waals surface area contributed by atoms with Gasteiger partial charge in [0.05, 0.1) is 34.2 Å². The Morgan fingerprint density at radius 3 is 2.65 bits per heavy atom. The highest BCUT2D eigenvalue weighted by molar-refractivity contribution is 7.91. The number of sulfone groups is 1. The van der Waals surface area contributed by atoms with E-state index in [4.69, 9.17) is 11.6 Å². The minimum absolute atomic E-state index is 0.104. The first-order valence-electron chi connectivity index (χ1n) is 6.34. The fraction of sp³-hybridized carbons (Fsp3) is 0.385. The van der Waals surface area contributed by atoms with Gasteiger partial charge in [-0.15, -0.1) is 0 Å². The highest BCUT2D eigenvalue weighted by Gasteiger charge is 2.26. The van der Waals surface area contributed by atoms with Gasteiger partial charge in [0, 0.05) is 5.39 Å². The van der Waals surface area contributed by atoms with Crippen LogP contribution in [-0.2, 0) is 9.84 Å². The van der Waals surface area contributed by atoms with Gasteiger partial charge < -0.3 is 0 Å². The van der Waals surface area contributed by atoms with Gasteiger partial charge in [-0.2, -0.15) is 5.10 Å². The highest BCUT2D eigenvalue weighted by Crippen LogP contribution is 2.24. The summed E-state index contributed by atoms with van der Waals surface area (Å²) in [6.07, 6.45) is 2.45. The quantitative estimate of drug-likeness (QED) is 0.805. The highest BCUT2D eigenvalue weighted by atomic mass is 35.5.